The summed E-state index contributed by atoms with van der Waals surface area (Å²) in [4.78, 5) is 4.23. The average Bonchev–Trinajstić information content (AvgIpc) is 2.24. The molecule has 1 fully saturated rings. The molecule has 16 heavy (non-hydrogen) atoms. The molecule has 2 nitrogen and oxygen atoms in total. The first-order valence-corrected chi connectivity index (χ1v) is 6.78. The number of nitrogens with zero attached hydrogens (tertiary/aromatic N) is 1. The van der Waals surface area contributed by atoms with Gasteiger partial charge in [-0.05, 0) is 41.3 Å². The van der Waals surface area contributed by atoms with E-state index in [4.69, 9.17) is 4.74 Å². The smallest absolute Gasteiger partial charge is 0.213 e. The van der Waals surface area contributed by atoms with Crippen LogP contribution >= 0.6 is 15.9 Å². The number of hydrogen-bond acceptors (Lipinski definition) is 2. The molecule has 1 heterocycles. The SMILES string of the molecule is CCCC1(COc2ccc(Br)cn2)CCC1. The van der Waals surface area contributed by atoms with Crippen molar-refractivity contribution in [2.45, 2.75) is 39.0 Å². The van der Waals surface area contributed by atoms with Crippen molar-refractivity contribution in [3.05, 3.63) is 22.8 Å². The van der Waals surface area contributed by atoms with E-state index in [1.54, 1.807) is 6.20 Å². The molecule has 1 aliphatic rings. The fourth-order valence-corrected chi connectivity index (χ4v) is 2.58. The van der Waals surface area contributed by atoms with Crippen LogP contribution in [0.3, 0.4) is 0 Å². The van der Waals surface area contributed by atoms with Gasteiger partial charge in [0.05, 0.1) is 6.61 Å². The molecule has 0 aliphatic heterocycles. The zero-order valence-corrected chi connectivity index (χ0v) is 11.3. The molecule has 1 aliphatic carbocycles. The molecular formula is C13H18BrNO. The van der Waals surface area contributed by atoms with Gasteiger partial charge in [0.15, 0.2) is 0 Å². The van der Waals surface area contributed by atoms with Crippen molar-refractivity contribution in [1.29, 1.82) is 0 Å². The molecule has 0 unspecified atom stereocenters. The van der Waals surface area contributed by atoms with E-state index in [1.807, 2.05) is 12.1 Å². The summed E-state index contributed by atoms with van der Waals surface area (Å²) in [6, 6.07) is 3.89. The normalized spacial score (nSPS) is 17.9. The van der Waals surface area contributed by atoms with Crippen molar-refractivity contribution < 1.29 is 4.74 Å². The Morgan fingerprint density at radius 3 is 2.75 bits per heavy atom. The summed E-state index contributed by atoms with van der Waals surface area (Å²) in [5.74, 6) is 0.741. The highest BCUT2D eigenvalue weighted by Crippen LogP contribution is 2.44. The monoisotopic (exact) mass is 283 g/mol. The number of hydrogen-bond donors (Lipinski definition) is 0. The number of pyridine rings is 1. The van der Waals surface area contributed by atoms with E-state index >= 15 is 0 Å². The highest BCUT2D eigenvalue weighted by molar-refractivity contribution is 9.10. The molecule has 0 saturated heterocycles. The third-order valence-electron chi connectivity index (χ3n) is 3.42. The molecule has 0 aromatic carbocycles. The third-order valence-corrected chi connectivity index (χ3v) is 3.89. The van der Waals surface area contributed by atoms with Crippen LogP contribution in [-0.2, 0) is 0 Å². The Morgan fingerprint density at radius 1 is 1.44 bits per heavy atom. The average molecular weight is 284 g/mol. The van der Waals surface area contributed by atoms with Gasteiger partial charge in [-0.3, -0.25) is 0 Å². The third kappa shape index (κ3) is 2.76. The molecule has 0 amide bonds. The second-order valence-corrected chi connectivity index (χ2v) is 5.62. The minimum atomic E-state index is 0.448. The van der Waals surface area contributed by atoms with Gasteiger partial charge in [0, 0.05) is 22.2 Å². The van der Waals surface area contributed by atoms with Crippen molar-refractivity contribution in [2.24, 2.45) is 5.41 Å². The maximum Gasteiger partial charge on any atom is 0.213 e. The fraction of sp³-hybridized carbons (Fsp3) is 0.615. The number of rotatable bonds is 5. The molecule has 0 radical (unpaired) electrons. The van der Waals surface area contributed by atoms with Crippen LogP contribution < -0.4 is 4.74 Å². The van der Waals surface area contributed by atoms with E-state index in [1.165, 1.54) is 32.1 Å². The van der Waals surface area contributed by atoms with Crippen molar-refractivity contribution in [3.63, 3.8) is 0 Å². The van der Waals surface area contributed by atoms with E-state index in [9.17, 15) is 0 Å². The Labute approximate surface area is 106 Å². The van der Waals surface area contributed by atoms with E-state index in [-0.39, 0.29) is 0 Å². The fourth-order valence-electron chi connectivity index (χ4n) is 2.35. The first-order valence-electron chi connectivity index (χ1n) is 5.98. The summed E-state index contributed by atoms with van der Waals surface area (Å²) in [5, 5.41) is 0. The van der Waals surface area contributed by atoms with Crippen molar-refractivity contribution in [2.75, 3.05) is 6.61 Å². The zero-order chi connectivity index (χ0) is 11.4. The lowest BCUT2D eigenvalue weighted by atomic mass is 9.67. The predicted octanol–water partition coefficient (Wildman–Crippen LogP) is 4.19. The first-order chi connectivity index (χ1) is 7.74. The van der Waals surface area contributed by atoms with E-state index < -0.39 is 0 Å². The quantitative estimate of drug-likeness (QED) is 0.808. The van der Waals surface area contributed by atoms with Gasteiger partial charge in [-0.15, -0.1) is 0 Å². The number of aromatic nitrogens is 1. The Bertz CT molecular complexity index is 332. The maximum absolute atomic E-state index is 5.79. The van der Waals surface area contributed by atoms with Crippen molar-refractivity contribution in [1.82, 2.24) is 4.98 Å². The minimum Gasteiger partial charge on any atom is -0.477 e. The zero-order valence-electron chi connectivity index (χ0n) is 9.71. The number of halogens is 1. The van der Waals surface area contributed by atoms with Gasteiger partial charge in [0.2, 0.25) is 5.88 Å². The van der Waals surface area contributed by atoms with Crippen molar-refractivity contribution in [3.8, 4) is 5.88 Å². The minimum absolute atomic E-state index is 0.448. The second-order valence-electron chi connectivity index (χ2n) is 4.71. The lowest BCUT2D eigenvalue weighted by Crippen LogP contribution is -2.35. The van der Waals surface area contributed by atoms with Gasteiger partial charge < -0.3 is 4.74 Å². The van der Waals surface area contributed by atoms with Crippen LogP contribution in [0.4, 0.5) is 0 Å². The molecule has 0 N–H and O–H groups in total. The molecule has 1 aromatic rings. The molecule has 88 valence electrons. The van der Waals surface area contributed by atoms with Crippen molar-refractivity contribution >= 4 is 15.9 Å². The van der Waals surface area contributed by atoms with Gasteiger partial charge in [-0.25, -0.2) is 4.98 Å². The summed E-state index contributed by atoms with van der Waals surface area (Å²) in [6.07, 6.45) is 8.30. The Hall–Kier alpha value is -0.570. The largest absolute Gasteiger partial charge is 0.477 e. The van der Waals surface area contributed by atoms with Gasteiger partial charge >= 0.3 is 0 Å². The molecule has 0 spiro atoms. The highest BCUT2D eigenvalue weighted by atomic mass is 79.9. The molecule has 2 rings (SSSR count). The van der Waals surface area contributed by atoms with Crippen LogP contribution in [-0.4, -0.2) is 11.6 Å². The number of ether oxygens (including phenoxy) is 1. The molecule has 0 atom stereocenters. The molecule has 1 aromatic heterocycles. The van der Waals surface area contributed by atoms with Gasteiger partial charge in [0.25, 0.3) is 0 Å². The summed E-state index contributed by atoms with van der Waals surface area (Å²) >= 11 is 3.37. The Kier molecular flexibility index (Phi) is 3.85. The highest BCUT2D eigenvalue weighted by Gasteiger charge is 2.36. The first kappa shape index (κ1) is 11.9. The summed E-state index contributed by atoms with van der Waals surface area (Å²) in [5.41, 5.74) is 0.448. The second kappa shape index (κ2) is 5.17. The van der Waals surface area contributed by atoms with E-state index in [0.717, 1.165) is 17.0 Å². The van der Waals surface area contributed by atoms with Crippen LogP contribution in [0.25, 0.3) is 0 Å². The topological polar surface area (TPSA) is 22.1 Å². The molecule has 0 bridgehead atoms. The van der Waals surface area contributed by atoms with E-state index in [2.05, 4.69) is 27.8 Å². The summed E-state index contributed by atoms with van der Waals surface area (Å²) in [7, 11) is 0. The lowest BCUT2D eigenvalue weighted by Gasteiger charge is -2.41. The van der Waals surface area contributed by atoms with Crippen LogP contribution in [0.1, 0.15) is 39.0 Å². The lowest BCUT2D eigenvalue weighted by molar-refractivity contribution is 0.0457. The van der Waals surface area contributed by atoms with Crippen LogP contribution in [0.2, 0.25) is 0 Å². The molecule has 3 heteroatoms. The van der Waals surface area contributed by atoms with Crippen LogP contribution in [0.5, 0.6) is 5.88 Å². The molecule has 1 saturated carbocycles. The Morgan fingerprint density at radius 2 is 2.25 bits per heavy atom. The van der Waals surface area contributed by atoms with Crippen LogP contribution in [0, 0.1) is 5.41 Å². The van der Waals surface area contributed by atoms with Gasteiger partial charge in [-0.1, -0.05) is 19.8 Å². The predicted molar refractivity (Wildman–Crippen MR) is 68.6 cm³/mol. The van der Waals surface area contributed by atoms with E-state index in [0.29, 0.717) is 5.41 Å². The summed E-state index contributed by atoms with van der Waals surface area (Å²) < 4.78 is 6.78. The van der Waals surface area contributed by atoms with Gasteiger partial charge in [0.1, 0.15) is 0 Å². The van der Waals surface area contributed by atoms with Crippen LogP contribution in [0.15, 0.2) is 22.8 Å². The summed E-state index contributed by atoms with van der Waals surface area (Å²) in [6.45, 7) is 3.08. The van der Waals surface area contributed by atoms with Gasteiger partial charge in [-0.2, -0.15) is 0 Å². The maximum atomic E-state index is 5.79. The standard InChI is InChI=1S/C13H18BrNO/c1-2-6-13(7-3-8-13)10-16-12-5-4-11(14)9-15-12/h4-5,9H,2-3,6-8,10H2,1H3. The molecular weight excluding hydrogens is 266 g/mol. The Balaban J connectivity index is 1.88.